The number of rotatable bonds is 3. The largest absolute Gasteiger partial charge is 0.492 e. The van der Waals surface area contributed by atoms with E-state index in [1.807, 2.05) is 6.07 Å². The lowest BCUT2D eigenvalue weighted by Gasteiger charge is -2.27. The molecule has 6 nitrogen and oxygen atoms in total. The summed E-state index contributed by atoms with van der Waals surface area (Å²) >= 11 is 6.11. The highest BCUT2D eigenvalue weighted by atomic mass is 35.5. The number of urea groups is 1. The van der Waals surface area contributed by atoms with Crippen molar-refractivity contribution >= 4 is 23.4 Å². The Labute approximate surface area is 149 Å². The maximum Gasteiger partial charge on any atom is 0.320 e. The molecule has 25 heavy (non-hydrogen) atoms. The summed E-state index contributed by atoms with van der Waals surface area (Å²) in [6, 6.07) is 7.08. The predicted octanol–water partition coefficient (Wildman–Crippen LogP) is 3.57. The Morgan fingerprint density at radius 3 is 3.00 bits per heavy atom. The van der Waals surface area contributed by atoms with Crippen LogP contribution in [0.25, 0.3) is 0 Å². The fourth-order valence-corrected chi connectivity index (χ4v) is 2.90. The van der Waals surface area contributed by atoms with Gasteiger partial charge >= 0.3 is 6.03 Å². The third kappa shape index (κ3) is 3.83. The van der Waals surface area contributed by atoms with Gasteiger partial charge in [-0.2, -0.15) is 0 Å². The van der Waals surface area contributed by atoms with Crippen LogP contribution in [0.3, 0.4) is 0 Å². The van der Waals surface area contributed by atoms with E-state index in [2.05, 4.69) is 15.6 Å². The molecule has 0 aliphatic carbocycles. The number of hydrogen-bond donors (Lipinski definition) is 3. The maximum atomic E-state index is 13.6. The van der Waals surface area contributed by atoms with Crippen molar-refractivity contribution in [2.75, 3.05) is 11.9 Å². The molecule has 2 aromatic rings. The smallest absolute Gasteiger partial charge is 0.320 e. The molecule has 0 spiro atoms. The Bertz CT molecular complexity index is 801. The normalized spacial score (nSPS) is 17.2. The molecule has 0 saturated carbocycles. The number of benzene rings is 1. The van der Waals surface area contributed by atoms with Crippen molar-refractivity contribution in [1.29, 1.82) is 0 Å². The van der Waals surface area contributed by atoms with Crippen LogP contribution in [-0.4, -0.2) is 22.7 Å². The highest BCUT2D eigenvalue weighted by molar-refractivity contribution is 6.32. The zero-order valence-electron chi connectivity index (χ0n) is 13.4. The molecule has 0 bridgehead atoms. The van der Waals surface area contributed by atoms with Crippen molar-refractivity contribution in [2.45, 2.75) is 25.5 Å². The zero-order chi connectivity index (χ0) is 18.0. The number of anilines is 1. The number of nitrogens with zero attached hydrogens (tertiary/aromatic N) is 1. The average Bonchev–Trinajstić information content (AvgIpc) is 2.57. The van der Waals surface area contributed by atoms with Gasteiger partial charge in [0.2, 0.25) is 0 Å². The van der Waals surface area contributed by atoms with Gasteiger partial charge in [-0.1, -0.05) is 23.7 Å². The number of fused-ring (bicyclic) bond motifs is 1. The Morgan fingerprint density at radius 2 is 2.24 bits per heavy atom. The van der Waals surface area contributed by atoms with E-state index in [0.717, 1.165) is 11.6 Å². The van der Waals surface area contributed by atoms with Gasteiger partial charge in [0.05, 0.1) is 23.8 Å². The fraction of sp³-hybridized carbons (Fsp3) is 0.294. The first-order valence-electron chi connectivity index (χ1n) is 7.79. The topological polar surface area (TPSA) is 83.5 Å². The third-order valence-electron chi connectivity index (χ3n) is 3.84. The van der Waals surface area contributed by atoms with Gasteiger partial charge in [0.25, 0.3) is 0 Å². The summed E-state index contributed by atoms with van der Waals surface area (Å²) in [6.07, 6.45) is -0.481. The van der Waals surface area contributed by atoms with Crippen molar-refractivity contribution < 1.29 is 19.0 Å². The van der Waals surface area contributed by atoms with Crippen LogP contribution >= 0.6 is 11.6 Å². The van der Waals surface area contributed by atoms with Gasteiger partial charge in [-0.15, -0.1) is 0 Å². The van der Waals surface area contributed by atoms with Gasteiger partial charge in [-0.25, -0.2) is 14.2 Å². The predicted molar refractivity (Wildman–Crippen MR) is 91.3 cm³/mol. The minimum Gasteiger partial charge on any atom is -0.492 e. The molecule has 1 aliphatic heterocycles. The molecule has 2 heterocycles. The molecule has 0 fully saturated rings. The average molecular weight is 366 g/mol. The van der Waals surface area contributed by atoms with Crippen LogP contribution in [0.5, 0.6) is 5.75 Å². The first kappa shape index (κ1) is 17.4. The Balaban J connectivity index is 1.72. The molecule has 1 aliphatic rings. The third-order valence-corrected chi connectivity index (χ3v) is 4.14. The number of pyridine rings is 1. The van der Waals surface area contributed by atoms with Crippen LogP contribution in [-0.2, 0) is 0 Å². The summed E-state index contributed by atoms with van der Waals surface area (Å²) in [6.45, 7) is 1.83. The van der Waals surface area contributed by atoms with E-state index in [0.29, 0.717) is 23.8 Å². The lowest BCUT2D eigenvalue weighted by Crippen LogP contribution is -2.35. The highest BCUT2D eigenvalue weighted by Crippen LogP contribution is 2.37. The molecular formula is C17H17ClFN3O3. The minimum atomic E-state index is -1.07. The first-order valence-corrected chi connectivity index (χ1v) is 8.16. The molecule has 0 saturated heterocycles. The van der Waals surface area contributed by atoms with E-state index >= 15 is 0 Å². The van der Waals surface area contributed by atoms with Crippen molar-refractivity contribution in [3.8, 4) is 5.75 Å². The van der Waals surface area contributed by atoms with Crippen LogP contribution in [0.2, 0.25) is 5.02 Å². The van der Waals surface area contributed by atoms with Gasteiger partial charge in [0.1, 0.15) is 23.1 Å². The Kier molecular flexibility index (Phi) is 5.06. The molecule has 1 aromatic carbocycles. The number of halogens is 2. The molecule has 3 N–H and O–H groups in total. The van der Waals surface area contributed by atoms with Crippen molar-refractivity contribution in [2.24, 2.45) is 0 Å². The zero-order valence-corrected chi connectivity index (χ0v) is 14.2. The first-order chi connectivity index (χ1) is 12.0. The van der Waals surface area contributed by atoms with Gasteiger partial charge in [-0.3, -0.25) is 5.32 Å². The van der Waals surface area contributed by atoms with Gasteiger partial charge < -0.3 is 15.2 Å². The fourth-order valence-electron chi connectivity index (χ4n) is 2.67. The SMILES string of the molecule is C[C@H](O)c1nc(NC(=O)N[C@H]2CCOc3c(Cl)cccc32)ccc1F. The molecule has 1 aromatic heterocycles. The second kappa shape index (κ2) is 7.25. The van der Waals surface area contributed by atoms with Gasteiger partial charge in [-0.05, 0) is 25.1 Å². The van der Waals surface area contributed by atoms with E-state index in [4.69, 9.17) is 16.3 Å². The summed E-state index contributed by atoms with van der Waals surface area (Å²) in [7, 11) is 0. The molecule has 2 atom stereocenters. The number of ether oxygens (including phenoxy) is 1. The molecular weight excluding hydrogens is 349 g/mol. The van der Waals surface area contributed by atoms with Gasteiger partial charge in [0, 0.05) is 12.0 Å². The lowest BCUT2D eigenvalue weighted by molar-refractivity contribution is 0.189. The molecule has 0 radical (unpaired) electrons. The second-order valence-electron chi connectivity index (χ2n) is 5.69. The van der Waals surface area contributed by atoms with Crippen LogP contribution < -0.4 is 15.4 Å². The highest BCUT2D eigenvalue weighted by Gasteiger charge is 2.25. The number of carbonyl (C=O) groups excluding carboxylic acids is 1. The second-order valence-corrected chi connectivity index (χ2v) is 6.09. The molecule has 8 heteroatoms. The van der Waals surface area contributed by atoms with Crippen LogP contribution in [0, 0.1) is 5.82 Å². The van der Waals surface area contributed by atoms with E-state index in [-0.39, 0.29) is 17.6 Å². The molecule has 2 amide bonds. The number of amides is 2. The summed E-state index contributed by atoms with van der Waals surface area (Å²) in [5.41, 5.74) is 0.673. The standard InChI is InChI=1S/C17H17ClFN3O3/c1-9(23)15-12(19)5-6-14(21-15)22-17(24)20-13-7-8-25-16-10(13)3-2-4-11(16)18/h2-6,9,13,23H,7-8H2,1H3,(H2,20,21,22,24)/t9-,13-/m0/s1. The van der Waals surface area contributed by atoms with E-state index in [1.165, 1.54) is 13.0 Å². The van der Waals surface area contributed by atoms with Crippen LogP contribution in [0.4, 0.5) is 15.0 Å². The maximum absolute atomic E-state index is 13.6. The number of para-hydroxylation sites is 1. The summed E-state index contributed by atoms with van der Waals surface area (Å²) in [4.78, 5) is 16.2. The number of nitrogens with one attached hydrogen (secondary N) is 2. The van der Waals surface area contributed by atoms with Crippen molar-refractivity contribution in [3.63, 3.8) is 0 Å². The number of aromatic nitrogens is 1. The summed E-state index contributed by atoms with van der Waals surface area (Å²) in [5, 5.41) is 15.4. The lowest BCUT2D eigenvalue weighted by atomic mass is 10.0. The number of aliphatic hydroxyl groups excluding tert-OH is 1. The Morgan fingerprint density at radius 1 is 1.44 bits per heavy atom. The summed E-state index contributed by atoms with van der Waals surface area (Å²) in [5.74, 6) is 0.0825. The Hall–Kier alpha value is -2.38. The monoisotopic (exact) mass is 365 g/mol. The van der Waals surface area contributed by atoms with Crippen LogP contribution in [0.1, 0.15) is 36.7 Å². The van der Waals surface area contributed by atoms with Gasteiger partial charge in [0.15, 0.2) is 0 Å². The molecule has 3 rings (SSSR count). The quantitative estimate of drug-likeness (QED) is 0.776. The summed E-state index contributed by atoms with van der Waals surface area (Å²) < 4.78 is 19.1. The van der Waals surface area contributed by atoms with E-state index < -0.39 is 18.0 Å². The van der Waals surface area contributed by atoms with Crippen molar-refractivity contribution in [3.05, 3.63) is 52.4 Å². The molecule has 0 unspecified atom stereocenters. The van der Waals surface area contributed by atoms with Crippen LogP contribution in [0.15, 0.2) is 30.3 Å². The van der Waals surface area contributed by atoms with E-state index in [1.54, 1.807) is 12.1 Å². The van der Waals surface area contributed by atoms with E-state index in [9.17, 15) is 14.3 Å². The number of hydrogen-bond acceptors (Lipinski definition) is 4. The number of carbonyl (C=O) groups is 1. The number of aliphatic hydroxyl groups is 1. The van der Waals surface area contributed by atoms with Crippen molar-refractivity contribution in [1.82, 2.24) is 10.3 Å². The minimum absolute atomic E-state index is 0.124. The molecule has 132 valence electrons.